The molecule has 0 aromatic heterocycles. The summed E-state index contributed by atoms with van der Waals surface area (Å²) in [6.45, 7) is 1.50. The second-order valence-electron chi connectivity index (χ2n) is 5.98. The van der Waals surface area contributed by atoms with Gasteiger partial charge in [0.1, 0.15) is 0 Å². The highest BCUT2D eigenvalue weighted by Gasteiger charge is 2.34. The van der Waals surface area contributed by atoms with Gasteiger partial charge in [0.15, 0.2) is 0 Å². The van der Waals surface area contributed by atoms with Gasteiger partial charge in [-0.3, -0.25) is 4.79 Å². The Kier molecular flexibility index (Phi) is 3.56. The van der Waals surface area contributed by atoms with E-state index >= 15 is 0 Å². The highest BCUT2D eigenvalue weighted by atomic mass is 16.2. The molecule has 1 amide bonds. The van der Waals surface area contributed by atoms with Gasteiger partial charge < -0.3 is 10.6 Å². The topological polar surface area (TPSA) is 46.3 Å². The smallest absolute Gasteiger partial charge is 0.222 e. The van der Waals surface area contributed by atoms with Crippen LogP contribution in [-0.4, -0.2) is 29.9 Å². The predicted molar refractivity (Wildman–Crippen MR) is 75.7 cm³/mol. The van der Waals surface area contributed by atoms with Gasteiger partial charge in [-0.05, 0) is 24.3 Å². The fourth-order valence-electron chi connectivity index (χ4n) is 3.16. The van der Waals surface area contributed by atoms with Gasteiger partial charge in [-0.25, -0.2) is 0 Å². The predicted octanol–water partition coefficient (Wildman–Crippen LogP) is 2.13. The average molecular weight is 258 g/mol. The van der Waals surface area contributed by atoms with E-state index in [2.05, 4.69) is 12.1 Å². The summed E-state index contributed by atoms with van der Waals surface area (Å²) in [6.07, 6.45) is 4.49. The summed E-state index contributed by atoms with van der Waals surface area (Å²) < 4.78 is 0. The van der Waals surface area contributed by atoms with Crippen LogP contribution in [0.25, 0.3) is 0 Å². The van der Waals surface area contributed by atoms with Crippen LogP contribution in [0.2, 0.25) is 0 Å². The Morgan fingerprint density at radius 1 is 1.21 bits per heavy atom. The molecule has 2 N–H and O–H groups in total. The van der Waals surface area contributed by atoms with Crippen LogP contribution in [-0.2, 0) is 4.79 Å². The molecule has 1 saturated carbocycles. The van der Waals surface area contributed by atoms with E-state index in [0.717, 1.165) is 13.0 Å². The molecular weight excluding hydrogens is 236 g/mol. The van der Waals surface area contributed by atoms with E-state index < -0.39 is 0 Å². The van der Waals surface area contributed by atoms with Crippen LogP contribution in [0.4, 0.5) is 0 Å². The lowest BCUT2D eigenvalue weighted by molar-refractivity contribution is -0.131. The van der Waals surface area contributed by atoms with Gasteiger partial charge >= 0.3 is 0 Å². The Morgan fingerprint density at radius 3 is 2.58 bits per heavy atom. The van der Waals surface area contributed by atoms with Gasteiger partial charge in [-0.15, -0.1) is 0 Å². The van der Waals surface area contributed by atoms with Crippen molar-refractivity contribution < 1.29 is 4.79 Å². The van der Waals surface area contributed by atoms with Crippen molar-refractivity contribution in [1.82, 2.24) is 4.90 Å². The van der Waals surface area contributed by atoms with E-state index in [1.807, 2.05) is 23.1 Å². The lowest BCUT2D eigenvalue weighted by Gasteiger charge is -2.27. The quantitative estimate of drug-likeness (QED) is 0.902. The monoisotopic (exact) mass is 258 g/mol. The Bertz CT molecular complexity index is 441. The standard InChI is InChI=1S/C16H22N2O/c17-15-11-18(16(19)9-12-5-4-6-12)10-14(15)13-7-2-1-3-8-13/h1-3,7-8,12,14-15H,4-6,9-11,17H2/t14-,15+/m0/s1. The number of benzene rings is 1. The molecule has 3 heteroatoms. The second-order valence-corrected chi connectivity index (χ2v) is 5.98. The molecule has 0 bridgehead atoms. The third kappa shape index (κ3) is 2.66. The molecular formula is C16H22N2O. The fraction of sp³-hybridized carbons (Fsp3) is 0.562. The van der Waals surface area contributed by atoms with Crippen molar-refractivity contribution in [1.29, 1.82) is 0 Å². The van der Waals surface area contributed by atoms with Gasteiger partial charge in [0.05, 0.1) is 0 Å². The summed E-state index contributed by atoms with van der Waals surface area (Å²) in [7, 11) is 0. The number of nitrogens with two attached hydrogens (primary N) is 1. The summed E-state index contributed by atoms with van der Waals surface area (Å²) in [6, 6.07) is 10.4. The molecule has 1 aromatic carbocycles. The summed E-state index contributed by atoms with van der Waals surface area (Å²) >= 11 is 0. The summed E-state index contributed by atoms with van der Waals surface area (Å²) in [5.41, 5.74) is 7.48. The first-order chi connectivity index (χ1) is 9.24. The first-order valence-corrected chi connectivity index (χ1v) is 7.32. The van der Waals surface area contributed by atoms with E-state index in [9.17, 15) is 4.79 Å². The van der Waals surface area contributed by atoms with E-state index in [1.165, 1.54) is 24.8 Å². The number of rotatable bonds is 3. The Hall–Kier alpha value is -1.35. The molecule has 0 radical (unpaired) electrons. The summed E-state index contributed by atoms with van der Waals surface area (Å²) in [5.74, 6) is 1.24. The van der Waals surface area contributed by atoms with Crippen molar-refractivity contribution in [2.24, 2.45) is 11.7 Å². The molecule has 0 spiro atoms. The molecule has 2 atom stereocenters. The molecule has 19 heavy (non-hydrogen) atoms. The van der Waals surface area contributed by atoms with Gasteiger partial charge in [0, 0.05) is 31.5 Å². The first kappa shape index (κ1) is 12.7. The van der Waals surface area contributed by atoms with Crippen molar-refractivity contribution in [2.75, 3.05) is 13.1 Å². The molecule has 1 aliphatic carbocycles. The van der Waals surface area contributed by atoms with Gasteiger partial charge in [0.2, 0.25) is 5.91 Å². The van der Waals surface area contributed by atoms with Crippen LogP contribution < -0.4 is 5.73 Å². The SMILES string of the molecule is N[C@@H]1CN(C(=O)CC2CCC2)C[C@H]1c1ccccc1. The second kappa shape index (κ2) is 5.33. The van der Waals surface area contributed by atoms with Crippen molar-refractivity contribution in [3.8, 4) is 0 Å². The van der Waals surface area contributed by atoms with E-state index in [-0.39, 0.29) is 6.04 Å². The zero-order valence-corrected chi connectivity index (χ0v) is 11.3. The molecule has 1 aliphatic heterocycles. The normalized spacial score (nSPS) is 27.3. The van der Waals surface area contributed by atoms with Crippen molar-refractivity contribution in [2.45, 2.75) is 37.6 Å². The number of nitrogens with zero attached hydrogens (tertiary/aromatic N) is 1. The maximum atomic E-state index is 12.2. The van der Waals surface area contributed by atoms with Gasteiger partial charge in [0.25, 0.3) is 0 Å². The van der Waals surface area contributed by atoms with E-state index in [0.29, 0.717) is 24.3 Å². The number of carbonyl (C=O) groups excluding carboxylic acids is 1. The van der Waals surface area contributed by atoms with Crippen LogP contribution >= 0.6 is 0 Å². The molecule has 1 heterocycles. The lowest BCUT2D eigenvalue weighted by Crippen LogP contribution is -2.34. The van der Waals surface area contributed by atoms with Crippen LogP contribution in [0, 0.1) is 5.92 Å². The van der Waals surface area contributed by atoms with Crippen molar-refractivity contribution in [3.05, 3.63) is 35.9 Å². The van der Waals surface area contributed by atoms with Gasteiger partial charge in [-0.1, -0.05) is 36.8 Å². The molecule has 3 nitrogen and oxygen atoms in total. The van der Waals surface area contributed by atoms with E-state index in [1.54, 1.807) is 0 Å². The number of hydrogen-bond donors (Lipinski definition) is 1. The van der Waals surface area contributed by atoms with Crippen LogP contribution in [0.1, 0.15) is 37.2 Å². The van der Waals surface area contributed by atoms with Crippen LogP contribution in [0.15, 0.2) is 30.3 Å². The summed E-state index contributed by atoms with van der Waals surface area (Å²) in [4.78, 5) is 14.2. The Labute approximate surface area is 114 Å². The lowest BCUT2D eigenvalue weighted by atomic mass is 9.83. The maximum Gasteiger partial charge on any atom is 0.222 e. The molecule has 1 aromatic rings. The number of carbonyl (C=O) groups is 1. The fourth-order valence-corrected chi connectivity index (χ4v) is 3.16. The average Bonchev–Trinajstić information content (AvgIpc) is 2.77. The first-order valence-electron chi connectivity index (χ1n) is 7.32. The van der Waals surface area contributed by atoms with Crippen LogP contribution in [0.5, 0.6) is 0 Å². The largest absolute Gasteiger partial charge is 0.340 e. The molecule has 1 saturated heterocycles. The van der Waals surface area contributed by atoms with E-state index in [4.69, 9.17) is 5.73 Å². The highest BCUT2D eigenvalue weighted by molar-refractivity contribution is 5.77. The summed E-state index contributed by atoms with van der Waals surface area (Å²) in [5, 5.41) is 0. The number of hydrogen-bond acceptors (Lipinski definition) is 2. The minimum atomic E-state index is 0.0766. The molecule has 0 unspecified atom stereocenters. The third-order valence-corrected chi connectivity index (χ3v) is 4.63. The Balaban J connectivity index is 1.62. The van der Waals surface area contributed by atoms with Crippen molar-refractivity contribution >= 4 is 5.91 Å². The number of amides is 1. The minimum Gasteiger partial charge on any atom is -0.340 e. The third-order valence-electron chi connectivity index (χ3n) is 4.63. The molecule has 3 rings (SSSR count). The highest BCUT2D eigenvalue weighted by Crippen LogP contribution is 2.32. The molecule has 2 aliphatic rings. The van der Waals surface area contributed by atoms with Crippen LogP contribution in [0.3, 0.4) is 0 Å². The zero-order chi connectivity index (χ0) is 13.2. The minimum absolute atomic E-state index is 0.0766. The molecule has 102 valence electrons. The maximum absolute atomic E-state index is 12.2. The van der Waals surface area contributed by atoms with Crippen molar-refractivity contribution in [3.63, 3.8) is 0 Å². The Morgan fingerprint density at radius 2 is 1.95 bits per heavy atom. The zero-order valence-electron chi connectivity index (χ0n) is 11.3. The molecule has 2 fully saturated rings. The van der Waals surface area contributed by atoms with Gasteiger partial charge in [-0.2, -0.15) is 0 Å². The number of likely N-dealkylation sites (tertiary alicyclic amines) is 1.